The SMILES string of the molecule is Cc1cccc(NC(=O)CSc2nnc(NC(=O)c3cccc([N+](=O)[O-])c3)s2)c1C. The number of carbonyl (C=O) groups excluding carboxylic acids is 2. The van der Waals surface area contributed by atoms with Crippen LogP contribution in [0.4, 0.5) is 16.5 Å². The standard InChI is InChI=1S/C19H17N5O4S2/c1-11-5-3-8-15(12(11)2)20-16(25)10-29-19-23-22-18(30-19)21-17(26)13-6-4-7-14(9-13)24(27)28/h3-9H,10H2,1-2H3,(H,20,25)(H,21,22,26). The van der Waals surface area contributed by atoms with Gasteiger partial charge in [0, 0.05) is 23.4 Å². The second-order valence-electron chi connectivity index (χ2n) is 6.22. The molecule has 30 heavy (non-hydrogen) atoms. The van der Waals surface area contributed by atoms with E-state index < -0.39 is 10.8 Å². The highest BCUT2D eigenvalue weighted by atomic mass is 32.2. The number of aromatic nitrogens is 2. The van der Waals surface area contributed by atoms with Crippen molar-refractivity contribution in [2.24, 2.45) is 0 Å². The van der Waals surface area contributed by atoms with Crippen LogP contribution in [0.25, 0.3) is 0 Å². The van der Waals surface area contributed by atoms with Gasteiger partial charge < -0.3 is 5.32 Å². The van der Waals surface area contributed by atoms with Crippen molar-refractivity contribution in [1.29, 1.82) is 0 Å². The first-order valence-electron chi connectivity index (χ1n) is 8.71. The Labute approximate surface area is 180 Å². The Morgan fingerprint density at radius 2 is 1.90 bits per heavy atom. The molecule has 1 heterocycles. The highest BCUT2D eigenvalue weighted by Crippen LogP contribution is 2.26. The number of carbonyl (C=O) groups is 2. The lowest BCUT2D eigenvalue weighted by Gasteiger charge is -2.09. The fourth-order valence-corrected chi connectivity index (χ4v) is 4.00. The first-order chi connectivity index (χ1) is 14.3. The summed E-state index contributed by atoms with van der Waals surface area (Å²) in [6.45, 7) is 3.92. The number of benzene rings is 2. The zero-order valence-electron chi connectivity index (χ0n) is 16.0. The zero-order valence-corrected chi connectivity index (χ0v) is 17.7. The highest BCUT2D eigenvalue weighted by molar-refractivity contribution is 8.01. The normalized spacial score (nSPS) is 10.5. The molecule has 0 saturated carbocycles. The minimum atomic E-state index is -0.570. The van der Waals surface area contributed by atoms with Crippen molar-refractivity contribution < 1.29 is 14.5 Å². The fraction of sp³-hybridized carbons (Fsp3) is 0.158. The van der Waals surface area contributed by atoms with Crippen molar-refractivity contribution >= 4 is 51.4 Å². The van der Waals surface area contributed by atoms with Crippen LogP contribution in [0.1, 0.15) is 21.5 Å². The number of thioether (sulfide) groups is 1. The molecule has 0 spiro atoms. The molecule has 0 unspecified atom stereocenters. The van der Waals surface area contributed by atoms with Gasteiger partial charge in [0.1, 0.15) is 0 Å². The molecule has 0 bridgehead atoms. The van der Waals surface area contributed by atoms with Crippen molar-refractivity contribution in [2.45, 2.75) is 18.2 Å². The van der Waals surface area contributed by atoms with Crippen LogP contribution in [0, 0.1) is 24.0 Å². The topological polar surface area (TPSA) is 127 Å². The summed E-state index contributed by atoms with van der Waals surface area (Å²) < 4.78 is 0.514. The van der Waals surface area contributed by atoms with Crippen molar-refractivity contribution in [1.82, 2.24) is 10.2 Å². The Bertz CT molecular complexity index is 1120. The molecule has 3 aromatic rings. The van der Waals surface area contributed by atoms with Gasteiger partial charge in [-0.25, -0.2) is 0 Å². The Morgan fingerprint density at radius 3 is 2.67 bits per heavy atom. The molecule has 1 aromatic heterocycles. The van der Waals surface area contributed by atoms with E-state index in [4.69, 9.17) is 0 Å². The summed E-state index contributed by atoms with van der Waals surface area (Å²) in [6, 6.07) is 11.1. The number of nitro benzene ring substituents is 1. The zero-order chi connectivity index (χ0) is 21.7. The third kappa shape index (κ3) is 5.39. The van der Waals surface area contributed by atoms with Crippen molar-refractivity contribution in [3.05, 3.63) is 69.3 Å². The van der Waals surface area contributed by atoms with Gasteiger partial charge in [-0.05, 0) is 37.1 Å². The van der Waals surface area contributed by atoms with Crippen LogP contribution < -0.4 is 10.6 Å². The second kappa shape index (κ2) is 9.46. The third-order valence-electron chi connectivity index (χ3n) is 4.15. The molecule has 2 N–H and O–H groups in total. The van der Waals surface area contributed by atoms with Gasteiger partial charge in [-0.1, -0.05) is 41.3 Å². The molecule has 2 amide bonds. The highest BCUT2D eigenvalue weighted by Gasteiger charge is 2.15. The van der Waals surface area contributed by atoms with Crippen LogP contribution in [-0.4, -0.2) is 32.7 Å². The summed E-state index contributed by atoms with van der Waals surface area (Å²) in [5.41, 5.74) is 2.84. The lowest BCUT2D eigenvalue weighted by atomic mass is 10.1. The maximum atomic E-state index is 12.3. The predicted octanol–water partition coefficient (Wildman–Crippen LogP) is 4.05. The van der Waals surface area contributed by atoms with Gasteiger partial charge in [-0.3, -0.25) is 25.0 Å². The Hall–Kier alpha value is -3.31. The Balaban J connectivity index is 1.55. The fourth-order valence-electron chi connectivity index (χ4n) is 2.45. The number of amides is 2. The van der Waals surface area contributed by atoms with Crippen molar-refractivity contribution in [3.8, 4) is 0 Å². The Morgan fingerprint density at radius 1 is 1.13 bits per heavy atom. The number of anilines is 2. The van der Waals surface area contributed by atoms with E-state index >= 15 is 0 Å². The lowest BCUT2D eigenvalue weighted by Crippen LogP contribution is -2.15. The van der Waals surface area contributed by atoms with Gasteiger partial charge in [0.2, 0.25) is 11.0 Å². The minimum Gasteiger partial charge on any atom is -0.325 e. The van der Waals surface area contributed by atoms with Crippen molar-refractivity contribution in [3.63, 3.8) is 0 Å². The number of hydrogen-bond donors (Lipinski definition) is 2. The number of non-ortho nitro benzene ring substituents is 1. The van der Waals surface area contributed by atoms with E-state index in [-0.39, 0.29) is 28.0 Å². The average molecular weight is 444 g/mol. The summed E-state index contributed by atoms with van der Waals surface area (Å²) in [5, 5.41) is 24.3. The number of nitro groups is 1. The quantitative estimate of drug-likeness (QED) is 0.244. The molecule has 2 aromatic carbocycles. The number of nitrogens with zero attached hydrogens (tertiary/aromatic N) is 3. The van der Waals surface area contributed by atoms with Crippen molar-refractivity contribution in [2.75, 3.05) is 16.4 Å². The van der Waals surface area contributed by atoms with Crippen LogP contribution in [0.15, 0.2) is 46.8 Å². The molecule has 0 saturated heterocycles. The molecule has 0 aliphatic rings. The average Bonchev–Trinajstić information content (AvgIpc) is 3.17. The largest absolute Gasteiger partial charge is 0.325 e. The third-order valence-corrected chi connectivity index (χ3v) is 6.12. The monoisotopic (exact) mass is 443 g/mol. The molecular formula is C19H17N5O4S2. The van der Waals surface area contributed by atoms with Gasteiger partial charge in [-0.15, -0.1) is 10.2 Å². The lowest BCUT2D eigenvalue weighted by molar-refractivity contribution is -0.384. The van der Waals surface area contributed by atoms with E-state index in [1.165, 1.54) is 36.0 Å². The van der Waals surface area contributed by atoms with E-state index in [2.05, 4.69) is 20.8 Å². The Kier molecular flexibility index (Phi) is 6.75. The van der Waals surface area contributed by atoms with Crippen LogP contribution in [0.5, 0.6) is 0 Å². The van der Waals surface area contributed by atoms with E-state index in [1.54, 1.807) is 0 Å². The first kappa shape index (κ1) is 21.4. The smallest absolute Gasteiger partial charge is 0.270 e. The van der Waals surface area contributed by atoms with Gasteiger partial charge in [0.05, 0.1) is 10.7 Å². The summed E-state index contributed by atoms with van der Waals surface area (Å²) in [5.74, 6) is -0.564. The maximum Gasteiger partial charge on any atom is 0.270 e. The summed E-state index contributed by atoms with van der Waals surface area (Å²) >= 11 is 2.32. The summed E-state index contributed by atoms with van der Waals surface area (Å²) in [4.78, 5) is 34.7. The van der Waals surface area contributed by atoms with E-state index in [0.29, 0.717) is 4.34 Å². The van der Waals surface area contributed by atoms with Crippen LogP contribution in [0.3, 0.4) is 0 Å². The van der Waals surface area contributed by atoms with Gasteiger partial charge in [0.15, 0.2) is 4.34 Å². The molecule has 9 nitrogen and oxygen atoms in total. The second-order valence-corrected chi connectivity index (χ2v) is 8.42. The van der Waals surface area contributed by atoms with E-state index in [9.17, 15) is 19.7 Å². The molecule has 11 heteroatoms. The number of hydrogen-bond acceptors (Lipinski definition) is 8. The molecule has 3 rings (SSSR count). The molecule has 0 atom stereocenters. The van der Waals surface area contributed by atoms with Gasteiger partial charge >= 0.3 is 0 Å². The summed E-state index contributed by atoms with van der Waals surface area (Å²) in [7, 11) is 0. The molecule has 0 aliphatic carbocycles. The first-order valence-corrected chi connectivity index (χ1v) is 10.5. The van der Waals surface area contributed by atoms with Gasteiger partial charge in [0.25, 0.3) is 11.6 Å². The van der Waals surface area contributed by atoms with Crippen LogP contribution >= 0.6 is 23.1 Å². The van der Waals surface area contributed by atoms with E-state index in [1.807, 2.05) is 32.0 Å². The van der Waals surface area contributed by atoms with Crippen LogP contribution in [0.2, 0.25) is 0 Å². The van der Waals surface area contributed by atoms with Gasteiger partial charge in [-0.2, -0.15) is 0 Å². The molecule has 0 fully saturated rings. The molecule has 0 radical (unpaired) electrons. The number of aryl methyl sites for hydroxylation is 1. The number of rotatable bonds is 7. The predicted molar refractivity (Wildman–Crippen MR) is 116 cm³/mol. The van der Waals surface area contributed by atoms with E-state index in [0.717, 1.165) is 28.2 Å². The summed E-state index contributed by atoms with van der Waals surface area (Å²) in [6.07, 6.45) is 0. The molecular weight excluding hydrogens is 426 g/mol. The van der Waals surface area contributed by atoms with Crippen LogP contribution in [-0.2, 0) is 4.79 Å². The maximum absolute atomic E-state index is 12.3. The number of nitrogens with one attached hydrogen (secondary N) is 2. The minimum absolute atomic E-state index is 0.140. The molecule has 154 valence electrons. The molecule has 0 aliphatic heterocycles.